The molecule has 0 aliphatic heterocycles. The van der Waals surface area contributed by atoms with Crippen LogP contribution >= 0.6 is 11.6 Å². The summed E-state index contributed by atoms with van der Waals surface area (Å²) in [5, 5.41) is 8.98. The largest absolute Gasteiger partial charge is 0.478 e. The van der Waals surface area contributed by atoms with Crippen LogP contribution in [0.5, 0.6) is 0 Å². The summed E-state index contributed by atoms with van der Waals surface area (Å²) in [4.78, 5) is 10.8. The van der Waals surface area contributed by atoms with Crippen molar-refractivity contribution >= 4 is 33.3 Å². The van der Waals surface area contributed by atoms with E-state index in [0.29, 0.717) is 5.69 Å². The van der Waals surface area contributed by atoms with Gasteiger partial charge >= 0.3 is 5.97 Å². The smallest absolute Gasteiger partial charge is 0.335 e. The summed E-state index contributed by atoms with van der Waals surface area (Å²) in [5.74, 6) is -1.22. The fourth-order valence-electron chi connectivity index (χ4n) is 1.94. The standard InChI is InChI=1S/C15H14ClNO4S/c1-10-4-3-5-12(8-10)17(2)22(20,21)14-9-11(15(18)19)6-7-13(14)16/h3-9H,1-2H3,(H,18,19). The third-order valence-corrected chi connectivity index (χ3v) is 5.45. The van der Waals surface area contributed by atoms with Crippen molar-refractivity contribution in [3.63, 3.8) is 0 Å². The first-order valence-electron chi connectivity index (χ1n) is 6.32. The lowest BCUT2D eigenvalue weighted by Gasteiger charge is -2.20. The second kappa shape index (κ2) is 5.98. The summed E-state index contributed by atoms with van der Waals surface area (Å²) in [6.07, 6.45) is 0. The topological polar surface area (TPSA) is 74.7 Å². The van der Waals surface area contributed by atoms with Crippen LogP contribution in [0.3, 0.4) is 0 Å². The Labute approximate surface area is 133 Å². The third-order valence-electron chi connectivity index (χ3n) is 3.18. The molecular weight excluding hydrogens is 326 g/mol. The first-order chi connectivity index (χ1) is 10.2. The summed E-state index contributed by atoms with van der Waals surface area (Å²) < 4.78 is 26.5. The number of aromatic carboxylic acids is 1. The molecule has 5 nitrogen and oxygen atoms in total. The van der Waals surface area contributed by atoms with E-state index in [9.17, 15) is 13.2 Å². The van der Waals surface area contributed by atoms with Gasteiger partial charge in [0.05, 0.1) is 16.3 Å². The Balaban J connectivity index is 2.55. The number of rotatable bonds is 4. The van der Waals surface area contributed by atoms with Gasteiger partial charge in [0.15, 0.2) is 0 Å². The van der Waals surface area contributed by atoms with E-state index in [0.717, 1.165) is 15.9 Å². The van der Waals surface area contributed by atoms with Crippen LogP contribution in [0.25, 0.3) is 0 Å². The van der Waals surface area contributed by atoms with Crippen molar-refractivity contribution in [2.45, 2.75) is 11.8 Å². The van der Waals surface area contributed by atoms with Crippen LogP contribution in [-0.4, -0.2) is 26.5 Å². The number of aryl methyl sites for hydroxylation is 1. The average Bonchev–Trinajstić information content (AvgIpc) is 2.46. The number of halogens is 1. The van der Waals surface area contributed by atoms with Crippen LogP contribution in [0, 0.1) is 6.92 Å². The molecule has 0 saturated carbocycles. The van der Waals surface area contributed by atoms with E-state index in [4.69, 9.17) is 16.7 Å². The third kappa shape index (κ3) is 3.08. The lowest BCUT2D eigenvalue weighted by Crippen LogP contribution is -2.27. The molecule has 0 fully saturated rings. The zero-order valence-electron chi connectivity index (χ0n) is 11.9. The molecule has 2 rings (SSSR count). The lowest BCUT2D eigenvalue weighted by molar-refractivity contribution is 0.0696. The molecule has 0 amide bonds. The molecule has 0 aromatic heterocycles. The number of nitrogens with zero attached hydrogens (tertiary/aromatic N) is 1. The Hall–Kier alpha value is -2.05. The molecule has 7 heteroatoms. The van der Waals surface area contributed by atoms with Crippen LogP contribution in [-0.2, 0) is 10.0 Å². The molecule has 0 aliphatic rings. The Morgan fingerprint density at radius 1 is 1.18 bits per heavy atom. The quantitative estimate of drug-likeness (QED) is 0.928. The summed E-state index contributed by atoms with van der Waals surface area (Å²) in [6.45, 7) is 1.85. The number of hydrogen-bond acceptors (Lipinski definition) is 3. The molecule has 2 aromatic rings. The highest BCUT2D eigenvalue weighted by atomic mass is 35.5. The van der Waals surface area contributed by atoms with E-state index < -0.39 is 16.0 Å². The maximum Gasteiger partial charge on any atom is 0.335 e. The minimum atomic E-state index is -3.96. The van der Waals surface area contributed by atoms with E-state index in [-0.39, 0.29) is 15.5 Å². The Kier molecular flexibility index (Phi) is 4.44. The summed E-state index contributed by atoms with van der Waals surface area (Å²) in [7, 11) is -2.56. The van der Waals surface area contributed by atoms with Crippen molar-refractivity contribution in [1.29, 1.82) is 0 Å². The maximum absolute atomic E-state index is 12.7. The molecule has 116 valence electrons. The summed E-state index contributed by atoms with van der Waals surface area (Å²) in [5.41, 5.74) is 1.24. The highest BCUT2D eigenvalue weighted by Crippen LogP contribution is 2.28. The molecule has 22 heavy (non-hydrogen) atoms. The number of carboxylic acids is 1. The van der Waals surface area contributed by atoms with Gasteiger partial charge in [-0.1, -0.05) is 23.7 Å². The van der Waals surface area contributed by atoms with Gasteiger partial charge in [0.25, 0.3) is 10.0 Å². The van der Waals surface area contributed by atoms with Gasteiger partial charge in [0, 0.05) is 7.05 Å². The maximum atomic E-state index is 12.7. The molecule has 0 spiro atoms. The fourth-order valence-corrected chi connectivity index (χ4v) is 3.63. The summed E-state index contributed by atoms with van der Waals surface area (Å²) in [6, 6.07) is 10.5. The molecule has 0 atom stereocenters. The highest BCUT2D eigenvalue weighted by molar-refractivity contribution is 7.93. The summed E-state index contributed by atoms with van der Waals surface area (Å²) >= 11 is 5.95. The van der Waals surface area contributed by atoms with Crippen LogP contribution in [0.15, 0.2) is 47.4 Å². The van der Waals surface area contributed by atoms with E-state index >= 15 is 0 Å². The predicted molar refractivity (Wildman–Crippen MR) is 85.2 cm³/mol. The van der Waals surface area contributed by atoms with Crippen LogP contribution in [0.1, 0.15) is 15.9 Å². The van der Waals surface area contributed by atoms with Crippen molar-refractivity contribution in [3.05, 3.63) is 58.6 Å². The first kappa shape index (κ1) is 16.3. The Morgan fingerprint density at radius 3 is 2.45 bits per heavy atom. The zero-order valence-corrected chi connectivity index (χ0v) is 13.5. The average molecular weight is 340 g/mol. The monoisotopic (exact) mass is 339 g/mol. The van der Waals surface area contributed by atoms with E-state index in [1.165, 1.54) is 19.2 Å². The van der Waals surface area contributed by atoms with Gasteiger partial charge in [0.1, 0.15) is 4.90 Å². The Bertz CT molecular complexity index is 833. The zero-order chi connectivity index (χ0) is 16.5. The minimum absolute atomic E-state index is 0.0236. The van der Waals surface area contributed by atoms with E-state index in [1.807, 2.05) is 13.0 Å². The van der Waals surface area contributed by atoms with Crippen molar-refractivity contribution in [2.75, 3.05) is 11.4 Å². The fraction of sp³-hybridized carbons (Fsp3) is 0.133. The molecule has 0 radical (unpaired) electrons. The van der Waals surface area contributed by atoms with Crippen molar-refractivity contribution in [3.8, 4) is 0 Å². The van der Waals surface area contributed by atoms with Gasteiger partial charge in [-0.3, -0.25) is 4.31 Å². The Morgan fingerprint density at radius 2 is 1.86 bits per heavy atom. The van der Waals surface area contributed by atoms with E-state index in [1.54, 1.807) is 18.2 Å². The predicted octanol–water partition coefficient (Wildman–Crippen LogP) is 3.17. The number of hydrogen-bond donors (Lipinski definition) is 1. The second-order valence-electron chi connectivity index (χ2n) is 4.76. The molecule has 0 saturated heterocycles. The highest BCUT2D eigenvalue weighted by Gasteiger charge is 2.25. The number of benzene rings is 2. The normalized spacial score (nSPS) is 11.2. The minimum Gasteiger partial charge on any atom is -0.478 e. The van der Waals surface area contributed by atoms with Crippen molar-refractivity contribution in [2.24, 2.45) is 0 Å². The molecule has 2 aromatic carbocycles. The van der Waals surface area contributed by atoms with Gasteiger partial charge in [-0.2, -0.15) is 0 Å². The van der Waals surface area contributed by atoms with Crippen LogP contribution in [0.4, 0.5) is 5.69 Å². The molecule has 0 aliphatic carbocycles. The van der Waals surface area contributed by atoms with Gasteiger partial charge in [-0.15, -0.1) is 0 Å². The molecule has 0 bridgehead atoms. The first-order valence-corrected chi connectivity index (χ1v) is 8.13. The molecule has 1 N–H and O–H groups in total. The lowest BCUT2D eigenvalue weighted by atomic mass is 10.2. The number of sulfonamides is 1. The molecule has 0 unspecified atom stereocenters. The van der Waals surface area contributed by atoms with Gasteiger partial charge in [-0.05, 0) is 42.8 Å². The SMILES string of the molecule is Cc1cccc(N(C)S(=O)(=O)c2cc(C(=O)O)ccc2Cl)c1. The van der Waals surface area contributed by atoms with Crippen LogP contribution in [0.2, 0.25) is 5.02 Å². The second-order valence-corrected chi connectivity index (χ2v) is 7.11. The van der Waals surface area contributed by atoms with Gasteiger partial charge in [0.2, 0.25) is 0 Å². The van der Waals surface area contributed by atoms with E-state index in [2.05, 4.69) is 0 Å². The van der Waals surface area contributed by atoms with Gasteiger partial charge in [-0.25, -0.2) is 13.2 Å². The molecular formula is C15H14ClNO4S. The van der Waals surface area contributed by atoms with Crippen molar-refractivity contribution in [1.82, 2.24) is 0 Å². The number of carboxylic acid groups (broad SMARTS) is 1. The van der Waals surface area contributed by atoms with Crippen molar-refractivity contribution < 1.29 is 18.3 Å². The molecule has 0 heterocycles. The van der Waals surface area contributed by atoms with Crippen LogP contribution < -0.4 is 4.31 Å². The number of anilines is 1. The van der Waals surface area contributed by atoms with Gasteiger partial charge < -0.3 is 5.11 Å². The number of carbonyl (C=O) groups is 1.